The van der Waals surface area contributed by atoms with Gasteiger partial charge >= 0.3 is 0 Å². The summed E-state index contributed by atoms with van der Waals surface area (Å²) in [5, 5.41) is 6.72. The molecule has 6 heteroatoms. The van der Waals surface area contributed by atoms with Gasteiger partial charge in [-0.2, -0.15) is 0 Å². The van der Waals surface area contributed by atoms with E-state index in [4.69, 9.17) is 0 Å². The molecule has 0 radical (unpaired) electrons. The highest BCUT2D eigenvalue weighted by atomic mass is 32.2. The lowest BCUT2D eigenvalue weighted by atomic mass is 9.87. The second-order valence-corrected chi connectivity index (χ2v) is 9.93. The maximum atomic E-state index is 11.3. The summed E-state index contributed by atoms with van der Waals surface area (Å²) in [4.78, 5) is 4.28. The van der Waals surface area contributed by atoms with Crippen molar-refractivity contribution in [2.24, 2.45) is 10.4 Å². The standard InChI is InChI=1S/C20H35N3O2S/c1-6-7-8-13-20(2,3)16-23-19(21-4)22-14-17-9-11-18(12-10-17)15-26(5,24)25/h9-12H,6-8,13-16H2,1-5H3,(H2,21,22,23). The van der Waals surface area contributed by atoms with Crippen molar-refractivity contribution >= 4 is 15.8 Å². The van der Waals surface area contributed by atoms with Gasteiger partial charge in [-0.3, -0.25) is 4.99 Å². The third kappa shape index (κ3) is 9.80. The summed E-state index contributed by atoms with van der Waals surface area (Å²) >= 11 is 0. The first kappa shape index (κ1) is 22.5. The molecule has 0 unspecified atom stereocenters. The van der Waals surface area contributed by atoms with Crippen LogP contribution < -0.4 is 10.6 Å². The largest absolute Gasteiger partial charge is 0.356 e. The normalized spacial score (nSPS) is 12.9. The minimum atomic E-state index is -2.99. The number of benzene rings is 1. The molecule has 0 saturated heterocycles. The molecule has 1 aromatic carbocycles. The highest BCUT2D eigenvalue weighted by molar-refractivity contribution is 7.89. The molecule has 1 rings (SSSR count). The second-order valence-electron chi connectivity index (χ2n) is 7.79. The predicted molar refractivity (Wildman–Crippen MR) is 111 cm³/mol. The third-order valence-electron chi connectivity index (χ3n) is 4.33. The molecular weight excluding hydrogens is 346 g/mol. The van der Waals surface area contributed by atoms with E-state index in [1.165, 1.54) is 31.9 Å². The fraction of sp³-hybridized carbons (Fsp3) is 0.650. The lowest BCUT2D eigenvalue weighted by Crippen LogP contribution is -2.41. The van der Waals surface area contributed by atoms with Crippen LogP contribution in [0.1, 0.15) is 57.6 Å². The predicted octanol–water partition coefficient (Wildman–Crippen LogP) is 3.50. The highest BCUT2D eigenvalue weighted by Crippen LogP contribution is 2.22. The summed E-state index contributed by atoms with van der Waals surface area (Å²) in [6.45, 7) is 8.32. The summed E-state index contributed by atoms with van der Waals surface area (Å²) in [7, 11) is -1.22. The van der Waals surface area contributed by atoms with Crippen LogP contribution in [-0.2, 0) is 22.1 Å². The minimum absolute atomic E-state index is 0.0804. The van der Waals surface area contributed by atoms with Gasteiger partial charge in [0.2, 0.25) is 0 Å². The van der Waals surface area contributed by atoms with Crippen LogP contribution in [0.2, 0.25) is 0 Å². The Balaban J connectivity index is 2.46. The fourth-order valence-electron chi connectivity index (χ4n) is 2.73. The van der Waals surface area contributed by atoms with Crippen LogP contribution in [-0.4, -0.2) is 34.2 Å². The molecule has 0 atom stereocenters. The van der Waals surface area contributed by atoms with Crippen molar-refractivity contribution in [3.8, 4) is 0 Å². The molecule has 0 saturated carbocycles. The van der Waals surface area contributed by atoms with Crippen molar-refractivity contribution in [3.63, 3.8) is 0 Å². The molecule has 0 aliphatic heterocycles. The number of sulfone groups is 1. The van der Waals surface area contributed by atoms with Gasteiger partial charge in [-0.25, -0.2) is 8.42 Å². The van der Waals surface area contributed by atoms with E-state index >= 15 is 0 Å². The average Bonchev–Trinajstić information content (AvgIpc) is 2.55. The minimum Gasteiger partial charge on any atom is -0.356 e. The number of nitrogens with one attached hydrogen (secondary N) is 2. The van der Waals surface area contributed by atoms with Crippen LogP contribution in [0.25, 0.3) is 0 Å². The summed E-state index contributed by atoms with van der Waals surface area (Å²) in [6, 6.07) is 7.64. The van der Waals surface area contributed by atoms with E-state index in [-0.39, 0.29) is 11.2 Å². The summed E-state index contributed by atoms with van der Waals surface area (Å²) in [5.41, 5.74) is 2.14. The lowest BCUT2D eigenvalue weighted by molar-refractivity contribution is 0.318. The van der Waals surface area contributed by atoms with E-state index in [0.29, 0.717) is 6.54 Å². The van der Waals surface area contributed by atoms with Crippen molar-refractivity contribution in [1.29, 1.82) is 0 Å². The molecule has 1 aromatic rings. The Hall–Kier alpha value is -1.56. The summed E-state index contributed by atoms with van der Waals surface area (Å²) in [5.74, 6) is 0.866. The molecule has 0 fully saturated rings. The molecule has 0 aliphatic carbocycles. The van der Waals surface area contributed by atoms with Crippen molar-refractivity contribution < 1.29 is 8.42 Å². The SMILES string of the molecule is CCCCCC(C)(C)CNC(=NC)NCc1ccc(CS(C)(=O)=O)cc1. The topological polar surface area (TPSA) is 70.6 Å². The first-order valence-electron chi connectivity index (χ1n) is 9.35. The molecule has 148 valence electrons. The Kier molecular flexibility index (Phi) is 9.13. The Bertz CT molecular complexity index is 665. The lowest BCUT2D eigenvalue weighted by Gasteiger charge is -2.26. The van der Waals surface area contributed by atoms with Gasteiger partial charge in [0.1, 0.15) is 0 Å². The zero-order valence-electron chi connectivity index (χ0n) is 16.9. The Morgan fingerprint density at radius 3 is 2.23 bits per heavy atom. The van der Waals surface area contributed by atoms with Crippen LogP contribution in [0.4, 0.5) is 0 Å². The van der Waals surface area contributed by atoms with Gasteiger partial charge in [-0.1, -0.05) is 64.3 Å². The number of hydrogen-bond donors (Lipinski definition) is 2. The van der Waals surface area contributed by atoms with E-state index < -0.39 is 9.84 Å². The van der Waals surface area contributed by atoms with E-state index in [2.05, 4.69) is 36.4 Å². The maximum Gasteiger partial charge on any atom is 0.191 e. The number of guanidine groups is 1. The van der Waals surface area contributed by atoms with Gasteiger partial charge in [-0.15, -0.1) is 0 Å². The average molecular weight is 382 g/mol. The van der Waals surface area contributed by atoms with E-state index in [9.17, 15) is 8.42 Å². The number of nitrogens with zero attached hydrogens (tertiary/aromatic N) is 1. The molecule has 0 aliphatic rings. The Morgan fingerprint density at radius 2 is 1.69 bits per heavy atom. The quantitative estimate of drug-likeness (QED) is 0.370. The smallest absolute Gasteiger partial charge is 0.191 e. The van der Waals surface area contributed by atoms with Crippen molar-refractivity contribution in [3.05, 3.63) is 35.4 Å². The summed E-state index contributed by atoms with van der Waals surface area (Å²) < 4.78 is 22.7. The third-order valence-corrected chi connectivity index (χ3v) is 5.18. The molecular formula is C20H35N3O2S. The van der Waals surface area contributed by atoms with Gasteiger partial charge in [0.15, 0.2) is 15.8 Å². The number of hydrogen-bond acceptors (Lipinski definition) is 3. The number of aliphatic imine (C=N–C) groups is 1. The van der Waals surface area contributed by atoms with Gasteiger partial charge < -0.3 is 10.6 Å². The van der Waals surface area contributed by atoms with Crippen LogP contribution in [0.3, 0.4) is 0 Å². The van der Waals surface area contributed by atoms with E-state index in [0.717, 1.165) is 23.6 Å². The van der Waals surface area contributed by atoms with Gasteiger partial charge in [0, 0.05) is 26.4 Å². The highest BCUT2D eigenvalue weighted by Gasteiger charge is 2.17. The van der Waals surface area contributed by atoms with Crippen LogP contribution in [0.5, 0.6) is 0 Å². The molecule has 0 heterocycles. The molecule has 2 N–H and O–H groups in total. The molecule has 0 amide bonds. The number of unbranched alkanes of at least 4 members (excludes halogenated alkanes) is 2. The number of rotatable bonds is 10. The van der Waals surface area contributed by atoms with Gasteiger partial charge in [-0.05, 0) is 23.0 Å². The molecule has 0 bridgehead atoms. The molecule has 26 heavy (non-hydrogen) atoms. The Labute approximate surface area is 159 Å². The monoisotopic (exact) mass is 381 g/mol. The van der Waals surface area contributed by atoms with Crippen LogP contribution in [0, 0.1) is 5.41 Å². The first-order valence-corrected chi connectivity index (χ1v) is 11.4. The van der Waals surface area contributed by atoms with E-state index in [1.807, 2.05) is 24.3 Å². The molecule has 0 spiro atoms. The molecule has 0 aromatic heterocycles. The van der Waals surface area contributed by atoms with Crippen LogP contribution >= 0.6 is 0 Å². The summed E-state index contributed by atoms with van der Waals surface area (Å²) in [6.07, 6.45) is 6.24. The van der Waals surface area contributed by atoms with Gasteiger partial charge in [0.25, 0.3) is 0 Å². The van der Waals surface area contributed by atoms with Crippen molar-refractivity contribution in [1.82, 2.24) is 10.6 Å². The zero-order chi connectivity index (χ0) is 19.6. The van der Waals surface area contributed by atoms with Gasteiger partial charge in [0.05, 0.1) is 5.75 Å². The van der Waals surface area contributed by atoms with Crippen molar-refractivity contribution in [2.45, 2.75) is 58.8 Å². The Morgan fingerprint density at radius 1 is 1.08 bits per heavy atom. The second kappa shape index (κ2) is 10.6. The van der Waals surface area contributed by atoms with Crippen LogP contribution in [0.15, 0.2) is 29.3 Å². The van der Waals surface area contributed by atoms with E-state index in [1.54, 1.807) is 7.05 Å². The fourth-order valence-corrected chi connectivity index (χ4v) is 3.53. The maximum absolute atomic E-state index is 11.3. The molecule has 5 nitrogen and oxygen atoms in total. The van der Waals surface area contributed by atoms with Crippen molar-refractivity contribution in [2.75, 3.05) is 19.8 Å². The zero-order valence-corrected chi connectivity index (χ0v) is 17.7. The first-order chi connectivity index (χ1) is 12.1.